The lowest BCUT2D eigenvalue weighted by Gasteiger charge is -2.36. The van der Waals surface area contributed by atoms with Gasteiger partial charge in [-0.15, -0.1) is 0 Å². The fourth-order valence-electron chi connectivity index (χ4n) is 2.07. The molecule has 0 saturated heterocycles. The van der Waals surface area contributed by atoms with Gasteiger partial charge in [0.25, 0.3) is 10.0 Å². The molecule has 0 bridgehead atoms. The van der Waals surface area contributed by atoms with E-state index in [2.05, 4.69) is 0 Å². The Morgan fingerprint density at radius 3 is 2.25 bits per heavy atom. The maximum Gasteiger partial charge on any atom is 0.350 e. The lowest BCUT2D eigenvalue weighted by atomic mass is 9.74. The van der Waals surface area contributed by atoms with Gasteiger partial charge in [-0.25, -0.2) is 13.1 Å². The Morgan fingerprint density at radius 1 is 1.25 bits per heavy atom. The number of halogens is 2. The van der Waals surface area contributed by atoms with Crippen LogP contribution < -0.4 is 10.5 Å². The summed E-state index contributed by atoms with van der Waals surface area (Å²) in [4.78, 5) is 0. The number of alkyl halides is 2. The largest absolute Gasteiger partial charge is 0.350 e. The molecule has 1 rings (SSSR count). The molecule has 0 aromatic rings. The van der Waals surface area contributed by atoms with Crippen LogP contribution in [0.15, 0.2) is 0 Å². The summed E-state index contributed by atoms with van der Waals surface area (Å²) >= 11 is 0. The molecule has 4 nitrogen and oxygen atoms in total. The van der Waals surface area contributed by atoms with Gasteiger partial charge in [0.15, 0.2) is 0 Å². The van der Waals surface area contributed by atoms with E-state index in [1.54, 1.807) is 0 Å². The highest BCUT2D eigenvalue weighted by atomic mass is 32.2. The maximum atomic E-state index is 12.1. The summed E-state index contributed by atoms with van der Waals surface area (Å²) in [6.45, 7) is 0.356. The van der Waals surface area contributed by atoms with Crippen molar-refractivity contribution in [3.63, 3.8) is 0 Å². The van der Waals surface area contributed by atoms with Crippen LogP contribution in [0.25, 0.3) is 0 Å². The standard InChI is InChI=1S/C9H18F2N2O2S/c10-8(11)16(14,15)13-7-9(6-12)4-2-1-3-5-9/h8,13H,1-7,12H2. The molecule has 0 spiro atoms. The summed E-state index contributed by atoms with van der Waals surface area (Å²) in [5.74, 6) is -3.37. The first-order valence-electron chi connectivity index (χ1n) is 5.39. The minimum absolute atomic E-state index is 0.0240. The molecule has 7 heteroatoms. The molecule has 16 heavy (non-hydrogen) atoms. The van der Waals surface area contributed by atoms with Crippen molar-refractivity contribution in [1.29, 1.82) is 0 Å². The van der Waals surface area contributed by atoms with Crippen LogP contribution in [0, 0.1) is 5.41 Å². The average Bonchev–Trinajstić information content (AvgIpc) is 2.28. The van der Waals surface area contributed by atoms with E-state index in [0.29, 0.717) is 6.54 Å². The fourth-order valence-corrected chi connectivity index (χ4v) is 2.70. The summed E-state index contributed by atoms with van der Waals surface area (Å²) < 4.78 is 48.0. The topological polar surface area (TPSA) is 72.2 Å². The van der Waals surface area contributed by atoms with Crippen LogP contribution in [-0.4, -0.2) is 27.3 Å². The number of nitrogens with one attached hydrogen (secondary N) is 1. The molecule has 0 unspecified atom stereocenters. The Bertz CT molecular complexity index is 313. The van der Waals surface area contributed by atoms with Crippen LogP contribution >= 0.6 is 0 Å². The van der Waals surface area contributed by atoms with Crippen molar-refractivity contribution in [3.8, 4) is 0 Å². The van der Waals surface area contributed by atoms with Crippen molar-refractivity contribution < 1.29 is 17.2 Å². The highest BCUT2D eigenvalue weighted by molar-refractivity contribution is 7.89. The lowest BCUT2D eigenvalue weighted by molar-refractivity contribution is 0.196. The average molecular weight is 256 g/mol. The summed E-state index contributed by atoms with van der Waals surface area (Å²) in [5.41, 5.74) is 5.29. The van der Waals surface area contributed by atoms with Gasteiger partial charge in [0.05, 0.1) is 0 Å². The molecule has 0 radical (unpaired) electrons. The number of rotatable bonds is 5. The second-order valence-electron chi connectivity index (χ2n) is 4.39. The highest BCUT2D eigenvalue weighted by Crippen LogP contribution is 2.34. The van der Waals surface area contributed by atoms with E-state index in [1.165, 1.54) is 0 Å². The molecule has 96 valence electrons. The van der Waals surface area contributed by atoms with Gasteiger partial charge in [-0.1, -0.05) is 19.3 Å². The van der Waals surface area contributed by atoms with Gasteiger partial charge in [0.1, 0.15) is 0 Å². The number of hydrogen-bond donors (Lipinski definition) is 2. The maximum absolute atomic E-state index is 12.1. The molecule has 0 aliphatic heterocycles. The molecule has 1 saturated carbocycles. The Kier molecular flexibility index (Phi) is 4.63. The molecule has 1 fully saturated rings. The van der Waals surface area contributed by atoms with E-state index in [4.69, 9.17) is 5.73 Å². The van der Waals surface area contributed by atoms with E-state index < -0.39 is 15.8 Å². The van der Waals surface area contributed by atoms with Gasteiger partial charge in [0.2, 0.25) is 0 Å². The molecular weight excluding hydrogens is 238 g/mol. The molecule has 0 heterocycles. The Morgan fingerprint density at radius 2 is 1.81 bits per heavy atom. The summed E-state index contributed by atoms with van der Waals surface area (Å²) in [7, 11) is -4.48. The van der Waals surface area contributed by atoms with Crippen LogP contribution in [0.5, 0.6) is 0 Å². The monoisotopic (exact) mass is 256 g/mol. The third-order valence-electron chi connectivity index (χ3n) is 3.23. The first kappa shape index (κ1) is 13.8. The van der Waals surface area contributed by atoms with Gasteiger partial charge < -0.3 is 5.73 Å². The minimum atomic E-state index is -4.48. The zero-order valence-electron chi connectivity index (χ0n) is 9.09. The van der Waals surface area contributed by atoms with Crippen molar-refractivity contribution in [2.45, 2.75) is 37.9 Å². The molecule has 1 aliphatic carbocycles. The SMILES string of the molecule is NCC1(CNS(=O)(=O)C(F)F)CCCCC1. The molecule has 0 amide bonds. The Balaban J connectivity index is 2.58. The fraction of sp³-hybridized carbons (Fsp3) is 1.00. The van der Waals surface area contributed by atoms with Crippen molar-refractivity contribution >= 4 is 10.0 Å². The first-order chi connectivity index (χ1) is 7.42. The zero-order valence-corrected chi connectivity index (χ0v) is 9.90. The second kappa shape index (κ2) is 5.37. The Hall–Kier alpha value is -0.270. The van der Waals surface area contributed by atoms with Gasteiger partial charge in [0, 0.05) is 6.54 Å². The van der Waals surface area contributed by atoms with E-state index in [0.717, 1.165) is 32.1 Å². The van der Waals surface area contributed by atoms with E-state index in [1.807, 2.05) is 4.72 Å². The van der Waals surface area contributed by atoms with Gasteiger partial charge in [-0.3, -0.25) is 0 Å². The number of hydrogen-bond acceptors (Lipinski definition) is 3. The molecular formula is C9H18F2N2O2S. The quantitative estimate of drug-likeness (QED) is 0.772. The summed E-state index contributed by atoms with van der Waals surface area (Å²) in [5, 5.41) is 0. The molecule has 0 atom stereocenters. The Labute approximate surface area is 94.6 Å². The van der Waals surface area contributed by atoms with Crippen LogP contribution in [0.1, 0.15) is 32.1 Å². The third kappa shape index (κ3) is 3.36. The van der Waals surface area contributed by atoms with E-state index in [-0.39, 0.29) is 12.0 Å². The van der Waals surface area contributed by atoms with Crippen molar-refractivity contribution in [2.24, 2.45) is 11.1 Å². The van der Waals surface area contributed by atoms with E-state index >= 15 is 0 Å². The van der Waals surface area contributed by atoms with Gasteiger partial charge in [-0.05, 0) is 24.8 Å². The second-order valence-corrected chi connectivity index (χ2v) is 6.13. The predicted octanol–water partition coefficient (Wildman–Crippen LogP) is 1.04. The molecule has 0 aromatic carbocycles. The smallest absolute Gasteiger partial charge is 0.330 e. The van der Waals surface area contributed by atoms with E-state index in [9.17, 15) is 17.2 Å². The van der Waals surface area contributed by atoms with Crippen molar-refractivity contribution in [1.82, 2.24) is 4.72 Å². The van der Waals surface area contributed by atoms with Crippen molar-refractivity contribution in [3.05, 3.63) is 0 Å². The third-order valence-corrected chi connectivity index (χ3v) is 4.25. The summed E-state index contributed by atoms with van der Waals surface area (Å²) in [6.07, 6.45) is 4.66. The molecule has 0 aromatic heterocycles. The van der Waals surface area contributed by atoms with Gasteiger partial charge >= 0.3 is 5.76 Å². The van der Waals surface area contributed by atoms with Crippen LogP contribution in [0.3, 0.4) is 0 Å². The predicted molar refractivity (Wildman–Crippen MR) is 57.5 cm³/mol. The van der Waals surface area contributed by atoms with Crippen molar-refractivity contribution in [2.75, 3.05) is 13.1 Å². The molecule has 3 N–H and O–H groups in total. The summed E-state index contributed by atoms with van der Waals surface area (Å²) in [6, 6.07) is 0. The molecule has 1 aliphatic rings. The number of nitrogens with two attached hydrogens (primary N) is 1. The van der Waals surface area contributed by atoms with Gasteiger partial charge in [-0.2, -0.15) is 8.78 Å². The van der Waals surface area contributed by atoms with Crippen LogP contribution in [0.2, 0.25) is 0 Å². The first-order valence-corrected chi connectivity index (χ1v) is 6.93. The number of sulfonamides is 1. The van der Waals surface area contributed by atoms with Crippen LogP contribution in [0.4, 0.5) is 8.78 Å². The lowest BCUT2D eigenvalue weighted by Crippen LogP contribution is -2.45. The van der Waals surface area contributed by atoms with Crippen LogP contribution in [-0.2, 0) is 10.0 Å². The normalized spacial score (nSPS) is 21.2. The zero-order chi connectivity index (χ0) is 12.2. The minimum Gasteiger partial charge on any atom is -0.330 e. The highest BCUT2D eigenvalue weighted by Gasteiger charge is 2.33.